The molecular formula is C16H18N2O3. The van der Waals surface area contributed by atoms with Crippen molar-refractivity contribution in [1.29, 1.82) is 0 Å². The summed E-state index contributed by atoms with van der Waals surface area (Å²) in [4.78, 5) is 28.9. The third-order valence-electron chi connectivity index (χ3n) is 3.97. The van der Waals surface area contributed by atoms with Crippen LogP contribution in [0.15, 0.2) is 35.1 Å². The quantitative estimate of drug-likeness (QED) is 0.834. The van der Waals surface area contributed by atoms with Crippen molar-refractivity contribution < 1.29 is 9.90 Å². The smallest absolute Gasteiger partial charge is 0.270 e. The van der Waals surface area contributed by atoms with Crippen LogP contribution in [0.2, 0.25) is 0 Å². The van der Waals surface area contributed by atoms with Gasteiger partial charge in [-0.05, 0) is 36.8 Å². The number of hydrogen-bond acceptors (Lipinski definition) is 3. The SMILES string of the molecule is O=C(c1cc2ccccc2c(=O)[nH]1)N1CCCC(O)CC1. The summed E-state index contributed by atoms with van der Waals surface area (Å²) in [5.41, 5.74) is 0.0707. The number of pyridine rings is 1. The number of carbonyl (C=O) groups is 1. The van der Waals surface area contributed by atoms with Crippen LogP contribution in [-0.4, -0.2) is 40.1 Å². The van der Waals surface area contributed by atoms with Crippen LogP contribution in [0, 0.1) is 0 Å². The predicted octanol–water partition coefficient (Wildman–Crippen LogP) is 1.52. The van der Waals surface area contributed by atoms with Crippen LogP contribution >= 0.6 is 0 Å². The first-order valence-corrected chi connectivity index (χ1v) is 7.24. The summed E-state index contributed by atoms with van der Waals surface area (Å²) in [6, 6.07) is 8.94. The highest BCUT2D eigenvalue weighted by Gasteiger charge is 2.21. The number of nitrogens with zero attached hydrogens (tertiary/aromatic N) is 1. The number of fused-ring (bicyclic) bond motifs is 1. The first-order valence-electron chi connectivity index (χ1n) is 7.24. The zero-order valence-corrected chi connectivity index (χ0v) is 11.7. The lowest BCUT2D eigenvalue weighted by atomic mass is 10.1. The monoisotopic (exact) mass is 286 g/mol. The van der Waals surface area contributed by atoms with Crippen molar-refractivity contribution >= 4 is 16.7 Å². The van der Waals surface area contributed by atoms with Crippen molar-refractivity contribution in [2.75, 3.05) is 13.1 Å². The van der Waals surface area contributed by atoms with Crippen LogP contribution in [0.3, 0.4) is 0 Å². The average Bonchev–Trinajstić information content (AvgIpc) is 2.71. The maximum Gasteiger partial charge on any atom is 0.270 e. The fraction of sp³-hybridized carbons (Fsp3) is 0.375. The first-order chi connectivity index (χ1) is 10.1. The summed E-state index contributed by atoms with van der Waals surface area (Å²) in [5, 5.41) is 11.0. The number of likely N-dealkylation sites (tertiary alicyclic amines) is 1. The number of carbonyl (C=O) groups excluding carboxylic acids is 1. The third-order valence-corrected chi connectivity index (χ3v) is 3.97. The Balaban J connectivity index is 1.92. The molecule has 2 aromatic rings. The van der Waals surface area contributed by atoms with Crippen LogP contribution in [0.5, 0.6) is 0 Å². The number of aromatic nitrogens is 1. The van der Waals surface area contributed by atoms with Gasteiger partial charge in [0.2, 0.25) is 0 Å². The molecule has 1 amide bonds. The van der Waals surface area contributed by atoms with E-state index in [1.165, 1.54) is 0 Å². The lowest BCUT2D eigenvalue weighted by molar-refractivity contribution is 0.0747. The van der Waals surface area contributed by atoms with Gasteiger partial charge in [-0.25, -0.2) is 0 Å². The largest absolute Gasteiger partial charge is 0.393 e. The molecular weight excluding hydrogens is 268 g/mol. The molecule has 3 rings (SSSR count). The zero-order valence-electron chi connectivity index (χ0n) is 11.7. The van der Waals surface area contributed by atoms with Gasteiger partial charge in [0.1, 0.15) is 5.69 Å². The van der Waals surface area contributed by atoms with E-state index in [2.05, 4.69) is 4.98 Å². The van der Waals surface area contributed by atoms with Gasteiger partial charge in [-0.2, -0.15) is 0 Å². The summed E-state index contributed by atoms with van der Waals surface area (Å²) in [6.45, 7) is 1.14. The second-order valence-electron chi connectivity index (χ2n) is 5.48. The lowest BCUT2D eigenvalue weighted by Gasteiger charge is -2.20. The van der Waals surface area contributed by atoms with E-state index in [1.807, 2.05) is 12.1 Å². The van der Waals surface area contributed by atoms with Crippen molar-refractivity contribution in [3.63, 3.8) is 0 Å². The Bertz CT molecular complexity index is 723. The van der Waals surface area contributed by atoms with Gasteiger partial charge in [0.25, 0.3) is 11.5 Å². The topological polar surface area (TPSA) is 73.4 Å². The van der Waals surface area contributed by atoms with Crippen LogP contribution < -0.4 is 5.56 Å². The highest BCUT2D eigenvalue weighted by molar-refractivity contribution is 5.96. The molecule has 21 heavy (non-hydrogen) atoms. The van der Waals surface area contributed by atoms with E-state index in [0.717, 1.165) is 18.2 Å². The molecule has 1 aliphatic heterocycles. The van der Waals surface area contributed by atoms with Crippen molar-refractivity contribution in [1.82, 2.24) is 9.88 Å². The van der Waals surface area contributed by atoms with Gasteiger partial charge < -0.3 is 15.0 Å². The minimum absolute atomic E-state index is 0.174. The Labute approximate surface area is 122 Å². The van der Waals surface area contributed by atoms with E-state index < -0.39 is 0 Å². The molecule has 5 heteroatoms. The van der Waals surface area contributed by atoms with E-state index >= 15 is 0 Å². The molecule has 1 unspecified atom stereocenters. The Morgan fingerprint density at radius 3 is 2.90 bits per heavy atom. The molecule has 2 N–H and O–H groups in total. The molecule has 110 valence electrons. The number of aromatic amines is 1. The average molecular weight is 286 g/mol. The number of nitrogens with one attached hydrogen (secondary N) is 1. The van der Waals surface area contributed by atoms with E-state index in [1.54, 1.807) is 23.1 Å². The lowest BCUT2D eigenvalue weighted by Crippen LogP contribution is -2.33. The number of benzene rings is 1. The molecule has 1 aromatic heterocycles. The molecule has 0 saturated carbocycles. The van der Waals surface area contributed by atoms with Gasteiger partial charge >= 0.3 is 0 Å². The minimum atomic E-state index is -0.335. The van der Waals surface area contributed by atoms with Crippen molar-refractivity contribution in [2.24, 2.45) is 0 Å². The van der Waals surface area contributed by atoms with Crippen LogP contribution in [-0.2, 0) is 0 Å². The minimum Gasteiger partial charge on any atom is -0.393 e. The van der Waals surface area contributed by atoms with Gasteiger partial charge in [0, 0.05) is 18.5 Å². The summed E-state index contributed by atoms with van der Waals surface area (Å²) in [5.74, 6) is -0.174. The number of rotatable bonds is 1. The second-order valence-corrected chi connectivity index (χ2v) is 5.48. The maximum atomic E-state index is 12.5. The van der Waals surface area contributed by atoms with Gasteiger partial charge in [-0.15, -0.1) is 0 Å². The van der Waals surface area contributed by atoms with Crippen LogP contribution in [0.1, 0.15) is 29.8 Å². The summed E-state index contributed by atoms with van der Waals surface area (Å²) in [7, 11) is 0. The maximum absolute atomic E-state index is 12.5. The molecule has 0 bridgehead atoms. The summed E-state index contributed by atoms with van der Waals surface area (Å²) >= 11 is 0. The molecule has 1 aliphatic rings. The zero-order chi connectivity index (χ0) is 14.8. The first kappa shape index (κ1) is 13.8. The second kappa shape index (κ2) is 5.69. The summed E-state index contributed by atoms with van der Waals surface area (Å²) in [6.07, 6.45) is 1.75. The fourth-order valence-corrected chi connectivity index (χ4v) is 2.78. The molecule has 1 aromatic carbocycles. The highest BCUT2D eigenvalue weighted by atomic mass is 16.3. The normalized spacial score (nSPS) is 19.5. The third kappa shape index (κ3) is 2.83. The molecule has 0 aliphatic carbocycles. The van der Waals surface area contributed by atoms with Crippen LogP contribution in [0.4, 0.5) is 0 Å². The number of aliphatic hydroxyl groups is 1. The van der Waals surface area contributed by atoms with Gasteiger partial charge in [0.05, 0.1) is 6.10 Å². The number of amides is 1. The van der Waals surface area contributed by atoms with E-state index in [0.29, 0.717) is 30.6 Å². The van der Waals surface area contributed by atoms with E-state index in [-0.39, 0.29) is 17.6 Å². The molecule has 1 fully saturated rings. The Morgan fingerprint density at radius 2 is 2.05 bits per heavy atom. The van der Waals surface area contributed by atoms with Crippen LogP contribution in [0.25, 0.3) is 10.8 Å². The molecule has 1 atom stereocenters. The highest BCUT2D eigenvalue weighted by Crippen LogP contribution is 2.15. The molecule has 2 heterocycles. The number of aliphatic hydroxyl groups excluding tert-OH is 1. The number of H-pyrrole nitrogens is 1. The van der Waals surface area contributed by atoms with Gasteiger partial charge in [0.15, 0.2) is 0 Å². The Morgan fingerprint density at radius 1 is 1.24 bits per heavy atom. The fourth-order valence-electron chi connectivity index (χ4n) is 2.78. The molecule has 0 spiro atoms. The van der Waals surface area contributed by atoms with E-state index in [9.17, 15) is 14.7 Å². The van der Waals surface area contributed by atoms with Crippen molar-refractivity contribution in [3.05, 3.63) is 46.4 Å². The van der Waals surface area contributed by atoms with Crippen molar-refractivity contribution in [2.45, 2.75) is 25.4 Å². The molecule has 0 radical (unpaired) electrons. The van der Waals surface area contributed by atoms with Gasteiger partial charge in [-0.1, -0.05) is 18.2 Å². The standard InChI is InChI=1S/C16H18N2O3/c19-12-5-3-8-18(9-7-12)16(21)14-10-11-4-1-2-6-13(11)15(20)17-14/h1-2,4,6,10,12,19H,3,5,7-9H2,(H,17,20). The van der Waals surface area contributed by atoms with Crippen molar-refractivity contribution in [3.8, 4) is 0 Å². The number of hydrogen-bond donors (Lipinski definition) is 2. The molecule has 5 nitrogen and oxygen atoms in total. The van der Waals surface area contributed by atoms with Gasteiger partial charge in [-0.3, -0.25) is 9.59 Å². The summed E-state index contributed by atoms with van der Waals surface area (Å²) < 4.78 is 0. The molecule has 1 saturated heterocycles. The Hall–Kier alpha value is -2.14. The Kier molecular flexibility index (Phi) is 3.75. The van der Waals surface area contributed by atoms with E-state index in [4.69, 9.17) is 0 Å². The predicted molar refractivity (Wildman–Crippen MR) is 80.3 cm³/mol.